The zero-order valence-corrected chi connectivity index (χ0v) is 17.8. The minimum atomic E-state index is -0.420. The van der Waals surface area contributed by atoms with Gasteiger partial charge in [-0.25, -0.2) is 4.79 Å². The van der Waals surface area contributed by atoms with Crippen molar-refractivity contribution < 1.29 is 19.1 Å². The van der Waals surface area contributed by atoms with Crippen LogP contribution < -0.4 is 25.4 Å². The number of amides is 3. The highest BCUT2D eigenvalue weighted by atomic mass is 32.2. The number of hydrogen-bond donors (Lipinski definition) is 3. The molecule has 0 saturated heterocycles. The largest absolute Gasteiger partial charge is 0.497 e. The molecule has 11 heteroatoms. The van der Waals surface area contributed by atoms with Crippen molar-refractivity contribution in [2.24, 2.45) is 0 Å². The normalized spacial score (nSPS) is 10.2. The van der Waals surface area contributed by atoms with E-state index in [4.69, 9.17) is 9.47 Å². The molecule has 0 radical (unpaired) electrons. The fourth-order valence-corrected chi connectivity index (χ4v) is 3.87. The quantitative estimate of drug-likeness (QED) is 0.355. The lowest BCUT2D eigenvalue weighted by Gasteiger charge is -2.11. The molecule has 3 N–H and O–H groups in total. The highest BCUT2D eigenvalue weighted by molar-refractivity contribution is 8.01. The monoisotopic (exact) mass is 445 g/mol. The van der Waals surface area contributed by atoms with Gasteiger partial charge in [0, 0.05) is 11.8 Å². The van der Waals surface area contributed by atoms with E-state index >= 15 is 0 Å². The standard InChI is InChI=1S/C19H19N5O4S2/c1-27-13-8-9-15(28-2)14(10-13)21-16(25)11-29-19-24-23-18(30-19)22-17(26)20-12-6-4-3-5-7-12/h3-10H,11H2,1-2H3,(H,21,25)(H2,20,22,23,26). The molecule has 1 heterocycles. The first kappa shape index (κ1) is 21.4. The third kappa shape index (κ3) is 6.09. The lowest BCUT2D eigenvalue weighted by Crippen LogP contribution is -2.19. The molecule has 3 amide bonds. The summed E-state index contributed by atoms with van der Waals surface area (Å²) in [6, 6.07) is 13.8. The van der Waals surface area contributed by atoms with Crippen molar-refractivity contribution in [3.05, 3.63) is 48.5 Å². The first-order valence-corrected chi connectivity index (χ1v) is 10.5. The first-order valence-electron chi connectivity index (χ1n) is 8.68. The summed E-state index contributed by atoms with van der Waals surface area (Å²) in [5, 5.41) is 16.3. The zero-order chi connectivity index (χ0) is 21.3. The topological polar surface area (TPSA) is 114 Å². The highest BCUT2D eigenvalue weighted by Gasteiger charge is 2.13. The first-order chi connectivity index (χ1) is 14.6. The summed E-state index contributed by atoms with van der Waals surface area (Å²) in [6.45, 7) is 0. The number of aromatic nitrogens is 2. The van der Waals surface area contributed by atoms with E-state index < -0.39 is 6.03 Å². The Labute approximate surface area is 181 Å². The van der Waals surface area contributed by atoms with Crippen molar-refractivity contribution in [3.63, 3.8) is 0 Å². The molecule has 0 unspecified atom stereocenters. The van der Waals surface area contributed by atoms with Gasteiger partial charge in [-0.1, -0.05) is 41.3 Å². The number of para-hydroxylation sites is 1. The van der Waals surface area contributed by atoms with Crippen LogP contribution in [-0.4, -0.2) is 42.1 Å². The van der Waals surface area contributed by atoms with Crippen LogP contribution in [0.3, 0.4) is 0 Å². The number of nitrogens with zero attached hydrogens (tertiary/aromatic N) is 2. The van der Waals surface area contributed by atoms with Gasteiger partial charge in [-0.3, -0.25) is 10.1 Å². The van der Waals surface area contributed by atoms with E-state index in [2.05, 4.69) is 26.1 Å². The Balaban J connectivity index is 1.50. The van der Waals surface area contributed by atoms with Crippen LogP contribution in [0.25, 0.3) is 0 Å². The molecule has 0 aliphatic rings. The van der Waals surface area contributed by atoms with E-state index in [1.807, 2.05) is 18.2 Å². The maximum atomic E-state index is 12.3. The van der Waals surface area contributed by atoms with Crippen LogP contribution in [-0.2, 0) is 4.79 Å². The number of hydrogen-bond acceptors (Lipinski definition) is 8. The van der Waals surface area contributed by atoms with Gasteiger partial charge in [-0.15, -0.1) is 10.2 Å². The Hall–Kier alpha value is -3.31. The van der Waals surface area contributed by atoms with Crippen molar-refractivity contribution in [2.45, 2.75) is 4.34 Å². The number of urea groups is 1. The maximum Gasteiger partial charge on any atom is 0.325 e. The van der Waals surface area contributed by atoms with Crippen LogP contribution in [0.4, 0.5) is 21.3 Å². The van der Waals surface area contributed by atoms with E-state index in [1.54, 1.807) is 37.4 Å². The van der Waals surface area contributed by atoms with Crippen molar-refractivity contribution in [1.82, 2.24) is 10.2 Å². The fourth-order valence-electron chi connectivity index (χ4n) is 2.32. The molecule has 0 spiro atoms. The average Bonchev–Trinajstić information content (AvgIpc) is 3.20. The van der Waals surface area contributed by atoms with Crippen LogP contribution in [0.1, 0.15) is 0 Å². The summed E-state index contributed by atoms with van der Waals surface area (Å²) in [5.74, 6) is 1.01. The third-order valence-corrected chi connectivity index (χ3v) is 5.64. The van der Waals surface area contributed by atoms with Gasteiger partial charge in [0.05, 0.1) is 25.7 Å². The molecule has 0 aliphatic carbocycles. The number of carbonyl (C=O) groups excluding carboxylic acids is 2. The van der Waals surface area contributed by atoms with E-state index in [-0.39, 0.29) is 11.7 Å². The van der Waals surface area contributed by atoms with Crippen molar-refractivity contribution in [2.75, 3.05) is 35.9 Å². The predicted molar refractivity (Wildman–Crippen MR) is 118 cm³/mol. The predicted octanol–water partition coefficient (Wildman–Crippen LogP) is 3.93. The summed E-state index contributed by atoms with van der Waals surface area (Å²) in [6.07, 6.45) is 0. The van der Waals surface area contributed by atoms with Crippen molar-refractivity contribution >= 4 is 51.5 Å². The minimum Gasteiger partial charge on any atom is -0.497 e. The second-order valence-electron chi connectivity index (χ2n) is 5.72. The van der Waals surface area contributed by atoms with Gasteiger partial charge in [-0.2, -0.15) is 0 Å². The molecule has 30 heavy (non-hydrogen) atoms. The molecule has 0 atom stereocenters. The second kappa shape index (κ2) is 10.5. The maximum absolute atomic E-state index is 12.3. The molecule has 0 fully saturated rings. The van der Waals surface area contributed by atoms with Crippen molar-refractivity contribution in [1.29, 1.82) is 0 Å². The smallest absolute Gasteiger partial charge is 0.325 e. The van der Waals surface area contributed by atoms with Gasteiger partial charge in [-0.05, 0) is 24.3 Å². The number of nitrogens with one attached hydrogen (secondary N) is 3. The van der Waals surface area contributed by atoms with Gasteiger partial charge < -0.3 is 20.1 Å². The zero-order valence-electron chi connectivity index (χ0n) is 16.2. The lowest BCUT2D eigenvalue weighted by molar-refractivity contribution is -0.113. The number of thioether (sulfide) groups is 1. The van der Waals surface area contributed by atoms with E-state index in [1.165, 1.54) is 30.2 Å². The Morgan fingerprint density at radius 1 is 1.00 bits per heavy atom. The molecule has 0 aliphatic heterocycles. The Morgan fingerprint density at radius 2 is 1.80 bits per heavy atom. The van der Waals surface area contributed by atoms with Crippen molar-refractivity contribution in [3.8, 4) is 11.5 Å². The fraction of sp³-hybridized carbons (Fsp3) is 0.158. The molecule has 3 rings (SSSR count). The van der Waals surface area contributed by atoms with Crippen LogP contribution in [0.2, 0.25) is 0 Å². The average molecular weight is 446 g/mol. The number of carbonyl (C=O) groups is 2. The van der Waals surface area contributed by atoms with Gasteiger partial charge in [0.1, 0.15) is 11.5 Å². The van der Waals surface area contributed by atoms with Crippen LogP contribution in [0.15, 0.2) is 52.9 Å². The van der Waals surface area contributed by atoms with E-state index in [0.717, 1.165) is 0 Å². The van der Waals surface area contributed by atoms with Crippen LogP contribution >= 0.6 is 23.1 Å². The van der Waals surface area contributed by atoms with Gasteiger partial charge in [0.25, 0.3) is 0 Å². The Bertz CT molecular complexity index is 1010. The number of anilines is 3. The molecule has 156 valence electrons. The van der Waals surface area contributed by atoms with E-state index in [9.17, 15) is 9.59 Å². The summed E-state index contributed by atoms with van der Waals surface area (Å²) >= 11 is 2.39. The number of rotatable bonds is 8. The molecular weight excluding hydrogens is 426 g/mol. The summed E-state index contributed by atoms with van der Waals surface area (Å²) in [5.41, 5.74) is 1.18. The summed E-state index contributed by atoms with van der Waals surface area (Å²) < 4.78 is 11.0. The molecular formula is C19H19N5O4S2. The second-order valence-corrected chi connectivity index (χ2v) is 7.92. The Kier molecular flexibility index (Phi) is 7.46. The number of benzene rings is 2. The van der Waals surface area contributed by atoms with E-state index in [0.29, 0.717) is 32.3 Å². The third-order valence-electron chi connectivity index (χ3n) is 3.67. The molecule has 0 saturated carbocycles. The minimum absolute atomic E-state index is 0.116. The molecule has 0 bridgehead atoms. The van der Waals surface area contributed by atoms with Gasteiger partial charge in [0.2, 0.25) is 11.0 Å². The highest BCUT2D eigenvalue weighted by Crippen LogP contribution is 2.30. The lowest BCUT2D eigenvalue weighted by atomic mass is 10.2. The molecule has 1 aromatic heterocycles. The summed E-state index contributed by atoms with van der Waals surface area (Å²) in [4.78, 5) is 24.3. The SMILES string of the molecule is COc1ccc(OC)c(NC(=O)CSc2nnc(NC(=O)Nc3ccccc3)s2)c1. The number of ether oxygens (including phenoxy) is 2. The van der Waals surface area contributed by atoms with Crippen LogP contribution in [0.5, 0.6) is 11.5 Å². The molecule has 2 aromatic carbocycles. The molecule has 9 nitrogen and oxygen atoms in total. The molecule has 3 aromatic rings. The Morgan fingerprint density at radius 3 is 2.53 bits per heavy atom. The number of methoxy groups -OCH3 is 2. The summed E-state index contributed by atoms with van der Waals surface area (Å²) in [7, 11) is 3.07. The van der Waals surface area contributed by atoms with Crippen LogP contribution in [0, 0.1) is 0 Å². The van der Waals surface area contributed by atoms with Gasteiger partial charge >= 0.3 is 6.03 Å². The van der Waals surface area contributed by atoms with Gasteiger partial charge in [0.15, 0.2) is 4.34 Å².